The van der Waals surface area contributed by atoms with Crippen LogP contribution in [0, 0.1) is 5.92 Å². The van der Waals surface area contributed by atoms with E-state index in [0.29, 0.717) is 18.2 Å². The number of aromatic nitrogens is 1. The molecule has 0 spiro atoms. The molecule has 0 saturated carbocycles. The Morgan fingerprint density at radius 2 is 1.72 bits per heavy atom. The summed E-state index contributed by atoms with van der Waals surface area (Å²) in [5, 5.41) is 12.4. The van der Waals surface area contributed by atoms with Crippen LogP contribution in [-0.2, 0) is 33.8 Å². The van der Waals surface area contributed by atoms with Gasteiger partial charge in [0.2, 0.25) is 10.0 Å². The number of alkyl halides is 3. The molecule has 1 heterocycles. The van der Waals surface area contributed by atoms with E-state index in [9.17, 15) is 26.4 Å². The van der Waals surface area contributed by atoms with E-state index in [4.69, 9.17) is 5.11 Å². The number of aliphatic carboxylic acids is 1. The smallest absolute Gasteiger partial charge is 0.416 e. The first-order valence-corrected chi connectivity index (χ1v) is 15.7. The van der Waals surface area contributed by atoms with Crippen molar-refractivity contribution in [1.82, 2.24) is 14.6 Å². The van der Waals surface area contributed by atoms with E-state index in [1.807, 2.05) is 25.1 Å². The summed E-state index contributed by atoms with van der Waals surface area (Å²) in [6, 6.07) is 16.0. The number of carbonyl (C=O) groups is 1. The van der Waals surface area contributed by atoms with Crippen LogP contribution in [0.5, 0.6) is 0 Å². The Balaban J connectivity index is 1.69. The molecule has 11 heteroatoms. The number of pyridine rings is 1. The van der Waals surface area contributed by atoms with E-state index in [1.165, 1.54) is 30.9 Å². The Morgan fingerprint density at radius 1 is 1.02 bits per heavy atom. The van der Waals surface area contributed by atoms with Crippen LogP contribution >= 0.6 is 0 Å². The lowest BCUT2D eigenvalue weighted by molar-refractivity contribution is -0.138. The summed E-state index contributed by atoms with van der Waals surface area (Å²) in [4.78, 5) is 14.5. The summed E-state index contributed by atoms with van der Waals surface area (Å²) in [5.41, 5.74) is 0.759. The van der Waals surface area contributed by atoms with Gasteiger partial charge in [0.1, 0.15) is 0 Å². The number of carboxylic acids is 1. The lowest BCUT2D eigenvalue weighted by atomic mass is 9.95. The first-order chi connectivity index (χ1) is 20.1. The van der Waals surface area contributed by atoms with Crippen LogP contribution < -0.4 is 5.32 Å². The van der Waals surface area contributed by atoms with Gasteiger partial charge >= 0.3 is 12.1 Å². The van der Waals surface area contributed by atoms with Gasteiger partial charge in [-0.15, -0.1) is 0 Å². The van der Waals surface area contributed by atoms with Crippen molar-refractivity contribution in [1.29, 1.82) is 0 Å². The topological polar surface area (TPSA) is 99.6 Å². The number of carboxylic acid groups (broad SMARTS) is 1. The third-order valence-electron chi connectivity index (χ3n) is 7.30. The second-order valence-electron chi connectivity index (χ2n) is 11.7. The van der Waals surface area contributed by atoms with Crippen LogP contribution in [0.1, 0.15) is 56.7 Å². The first kappa shape index (κ1) is 34.2. The number of hydrogen-bond acceptors (Lipinski definition) is 5. The number of sulfonamides is 1. The van der Waals surface area contributed by atoms with Crippen molar-refractivity contribution in [3.8, 4) is 11.3 Å². The standard InChI is InChI=1S/C32H40F3N3O4S/c1-23(20-37-31(2,3)16-8-11-24-9-6-5-7-10-24)22-38(4)43(41,42)28-18-26(17-27(19-28)32(33,34)35)29-14-12-25(21-36-29)13-15-30(39)40/h5-7,9-10,12,14,17-19,21,23,37H,8,11,13,15-16,20,22H2,1-4H3,(H,39,40)/t23-/m0/s1. The van der Waals surface area contributed by atoms with Crippen molar-refractivity contribution in [3.63, 3.8) is 0 Å². The van der Waals surface area contributed by atoms with E-state index in [-0.39, 0.29) is 42.1 Å². The van der Waals surface area contributed by atoms with Crippen molar-refractivity contribution in [3.05, 3.63) is 83.6 Å². The number of benzene rings is 2. The zero-order chi connectivity index (χ0) is 31.8. The molecule has 1 atom stereocenters. The Hall–Kier alpha value is -3.28. The fraction of sp³-hybridized carbons (Fsp3) is 0.438. The minimum atomic E-state index is -4.77. The van der Waals surface area contributed by atoms with Crippen molar-refractivity contribution in [2.75, 3.05) is 20.1 Å². The van der Waals surface area contributed by atoms with Gasteiger partial charge in [-0.25, -0.2) is 12.7 Å². The van der Waals surface area contributed by atoms with Gasteiger partial charge < -0.3 is 10.4 Å². The van der Waals surface area contributed by atoms with Crippen LogP contribution in [0.3, 0.4) is 0 Å². The van der Waals surface area contributed by atoms with E-state index in [0.717, 1.165) is 29.6 Å². The van der Waals surface area contributed by atoms with Gasteiger partial charge in [0.15, 0.2) is 0 Å². The summed E-state index contributed by atoms with van der Waals surface area (Å²) < 4.78 is 69.5. The van der Waals surface area contributed by atoms with Crippen LogP contribution in [0.25, 0.3) is 11.3 Å². The maximum Gasteiger partial charge on any atom is 0.416 e. The fourth-order valence-electron chi connectivity index (χ4n) is 4.75. The molecule has 0 aliphatic rings. The molecule has 3 aromatic rings. The van der Waals surface area contributed by atoms with E-state index in [2.05, 4.69) is 36.3 Å². The van der Waals surface area contributed by atoms with Gasteiger partial charge in [-0.2, -0.15) is 13.2 Å². The second-order valence-corrected chi connectivity index (χ2v) is 13.7. The lowest BCUT2D eigenvalue weighted by Crippen LogP contribution is -2.44. The van der Waals surface area contributed by atoms with Crippen molar-refractivity contribution >= 4 is 16.0 Å². The van der Waals surface area contributed by atoms with Crippen LogP contribution in [0.4, 0.5) is 13.2 Å². The lowest BCUT2D eigenvalue weighted by Gasteiger charge is -2.29. The largest absolute Gasteiger partial charge is 0.481 e. The number of rotatable bonds is 15. The zero-order valence-corrected chi connectivity index (χ0v) is 25.8. The molecule has 0 fully saturated rings. The zero-order valence-electron chi connectivity index (χ0n) is 25.0. The summed E-state index contributed by atoms with van der Waals surface area (Å²) in [6.07, 6.45) is -0.409. The fourth-order valence-corrected chi connectivity index (χ4v) is 6.12. The van der Waals surface area contributed by atoms with Gasteiger partial charge in [-0.1, -0.05) is 43.3 Å². The quantitative estimate of drug-likeness (QED) is 0.203. The van der Waals surface area contributed by atoms with Gasteiger partial charge in [0.05, 0.1) is 16.2 Å². The molecule has 0 amide bonds. The number of hydrogen-bond donors (Lipinski definition) is 2. The van der Waals surface area contributed by atoms with E-state index in [1.54, 1.807) is 6.07 Å². The third-order valence-corrected chi connectivity index (χ3v) is 9.10. The molecule has 234 valence electrons. The average molecular weight is 620 g/mol. The highest BCUT2D eigenvalue weighted by molar-refractivity contribution is 7.89. The van der Waals surface area contributed by atoms with Crippen LogP contribution in [0.15, 0.2) is 71.8 Å². The van der Waals surface area contributed by atoms with E-state index >= 15 is 0 Å². The monoisotopic (exact) mass is 619 g/mol. The van der Waals surface area contributed by atoms with Crippen molar-refractivity contribution in [2.24, 2.45) is 5.92 Å². The highest BCUT2D eigenvalue weighted by Crippen LogP contribution is 2.35. The molecule has 2 aromatic carbocycles. The molecular weight excluding hydrogens is 579 g/mol. The van der Waals surface area contributed by atoms with Gasteiger partial charge in [-0.3, -0.25) is 9.78 Å². The highest BCUT2D eigenvalue weighted by atomic mass is 32.2. The Kier molecular flexibility index (Phi) is 11.5. The molecule has 1 aromatic heterocycles. The molecule has 43 heavy (non-hydrogen) atoms. The maximum atomic E-state index is 13.8. The minimum Gasteiger partial charge on any atom is -0.481 e. The van der Waals surface area contributed by atoms with Crippen LogP contribution in [-0.4, -0.2) is 54.5 Å². The Morgan fingerprint density at radius 3 is 2.33 bits per heavy atom. The highest BCUT2D eigenvalue weighted by Gasteiger charge is 2.34. The molecule has 7 nitrogen and oxygen atoms in total. The Bertz CT molecular complexity index is 1460. The normalized spacial score (nSPS) is 13.3. The maximum absolute atomic E-state index is 13.8. The number of nitrogens with one attached hydrogen (secondary N) is 1. The second kappa shape index (κ2) is 14.5. The number of halogens is 3. The molecule has 0 saturated heterocycles. The third kappa shape index (κ3) is 10.4. The predicted octanol–water partition coefficient (Wildman–Crippen LogP) is 6.43. The summed E-state index contributed by atoms with van der Waals surface area (Å²) in [7, 11) is -2.89. The van der Waals surface area contributed by atoms with Crippen molar-refractivity contribution in [2.45, 2.75) is 69.5 Å². The van der Waals surface area contributed by atoms with Gasteiger partial charge in [0.25, 0.3) is 0 Å². The molecule has 0 aliphatic heterocycles. The molecule has 0 bridgehead atoms. The minimum absolute atomic E-state index is 0.00134. The van der Waals surface area contributed by atoms with Crippen LogP contribution in [0.2, 0.25) is 0 Å². The predicted molar refractivity (Wildman–Crippen MR) is 161 cm³/mol. The number of aryl methyl sites for hydroxylation is 2. The van der Waals surface area contributed by atoms with Gasteiger partial charge in [-0.05, 0) is 87.4 Å². The molecule has 0 unspecified atom stereocenters. The molecular formula is C32H40F3N3O4S. The summed E-state index contributed by atoms with van der Waals surface area (Å²) in [6.45, 7) is 6.73. The molecule has 0 radical (unpaired) electrons. The van der Waals surface area contributed by atoms with E-state index < -0.39 is 32.6 Å². The van der Waals surface area contributed by atoms with Gasteiger partial charge in [0, 0.05) is 37.3 Å². The molecule has 0 aliphatic carbocycles. The average Bonchev–Trinajstić information content (AvgIpc) is 2.95. The molecule has 3 rings (SSSR count). The molecule has 2 N–H and O–H groups in total. The van der Waals surface area contributed by atoms with Crippen molar-refractivity contribution < 1.29 is 31.5 Å². The Labute approximate surface area is 252 Å². The summed E-state index contributed by atoms with van der Waals surface area (Å²) in [5.74, 6) is -1.09. The SMILES string of the molecule is C[C@@H](CNC(C)(C)CCCc1ccccc1)CN(C)S(=O)(=O)c1cc(-c2ccc(CCC(=O)O)cn2)cc(C(F)(F)F)c1. The number of nitrogens with zero attached hydrogens (tertiary/aromatic N) is 2. The summed E-state index contributed by atoms with van der Waals surface area (Å²) >= 11 is 0. The first-order valence-electron chi connectivity index (χ1n) is 14.2.